The van der Waals surface area contributed by atoms with Crippen molar-refractivity contribution in [1.29, 1.82) is 0 Å². The number of anilines is 2. The number of urea groups is 1. The van der Waals surface area contributed by atoms with Crippen LogP contribution >= 0.6 is 11.6 Å². The molecule has 2 aliphatic rings. The third-order valence-corrected chi connectivity index (χ3v) is 7.59. The van der Waals surface area contributed by atoms with E-state index in [-0.39, 0.29) is 24.5 Å². The van der Waals surface area contributed by atoms with Gasteiger partial charge in [0.15, 0.2) is 0 Å². The van der Waals surface area contributed by atoms with E-state index in [1.165, 1.54) is 7.11 Å². The minimum Gasteiger partial charge on any atom is -0.497 e. The molecule has 3 amide bonds. The molecule has 0 saturated heterocycles. The van der Waals surface area contributed by atoms with Gasteiger partial charge in [0.2, 0.25) is 5.91 Å². The number of carbonyl (C=O) groups excluding carboxylic acids is 2. The highest BCUT2D eigenvalue weighted by molar-refractivity contribution is 6.30. The molecule has 6 rings (SSSR count). The number of hydrogen-bond acceptors (Lipinski definition) is 4. The summed E-state index contributed by atoms with van der Waals surface area (Å²) in [5.41, 5.74) is 4.01. The average Bonchev–Trinajstić information content (AvgIpc) is 3.70. The second kappa shape index (κ2) is 10.6. The molecular formula is C31H29ClN4O4. The molecule has 0 bridgehead atoms. The number of para-hydroxylation sites is 2. The first-order valence-electron chi connectivity index (χ1n) is 13.1. The van der Waals surface area contributed by atoms with Crippen molar-refractivity contribution in [3.63, 3.8) is 0 Å². The van der Waals surface area contributed by atoms with E-state index in [1.54, 1.807) is 35.1 Å². The van der Waals surface area contributed by atoms with E-state index in [1.807, 2.05) is 66.9 Å². The summed E-state index contributed by atoms with van der Waals surface area (Å²) in [6, 6.07) is 23.8. The van der Waals surface area contributed by atoms with E-state index in [9.17, 15) is 9.59 Å². The van der Waals surface area contributed by atoms with Crippen molar-refractivity contribution in [3.8, 4) is 17.2 Å². The van der Waals surface area contributed by atoms with Crippen LogP contribution in [-0.4, -0.2) is 48.2 Å². The molecule has 3 aromatic carbocycles. The Morgan fingerprint density at radius 2 is 1.75 bits per heavy atom. The molecule has 0 spiro atoms. The van der Waals surface area contributed by atoms with Crippen LogP contribution in [0.15, 0.2) is 85.1 Å². The Labute approximate surface area is 237 Å². The quantitative estimate of drug-likeness (QED) is 0.291. The highest BCUT2D eigenvalue weighted by atomic mass is 35.5. The number of ether oxygens (including phenoxy) is 2. The lowest BCUT2D eigenvalue weighted by Crippen LogP contribution is -2.48. The van der Waals surface area contributed by atoms with Crippen molar-refractivity contribution in [2.75, 3.05) is 31.0 Å². The minimum atomic E-state index is -0.415. The van der Waals surface area contributed by atoms with Crippen molar-refractivity contribution in [2.24, 2.45) is 0 Å². The van der Waals surface area contributed by atoms with Gasteiger partial charge in [-0.05, 0) is 66.9 Å². The molecule has 1 atom stereocenters. The Balaban J connectivity index is 1.34. The molecule has 40 heavy (non-hydrogen) atoms. The summed E-state index contributed by atoms with van der Waals surface area (Å²) in [5.74, 6) is 0.903. The third-order valence-electron chi connectivity index (χ3n) is 7.36. The van der Waals surface area contributed by atoms with Crippen LogP contribution in [0.3, 0.4) is 0 Å². The van der Waals surface area contributed by atoms with Crippen molar-refractivity contribution in [2.45, 2.75) is 24.9 Å². The monoisotopic (exact) mass is 556 g/mol. The molecular weight excluding hydrogens is 528 g/mol. The standard InChI is InChI=1S/C31H29ClN4O4/c1-39-23-14-15-24(28(18-23)40-2)33-31(38)35(22-12-13-22)19-29(37)36-26-10-4-3-9-25(26)34-16-6-11-27(34)30(36)20-7-5-8-21(32)17-20/h3-11,14-18,22,30H,12-13,19H2,1-2H3,(H,33,38). The van der Waals surface area contributed by atoms with Crippen LogP contribution in [-0.2, 0) is 4.79 Å². The molecule has 1 unspecified atom stereocenters. The molecule has 1 aromatic heterocycles. The number of halogens is 1. The number of aromatic nitrogens is 1. The Hall–Kier alpha value is -4.43. The Morgan fingerprint density at radius 3 is 2.48 bits per heavy atom. The fraction of sp³-hybridized carbons (Fsp3) is 0.226. The normalized spacial score (nSPS) is 15.6. The van der Waals surface area contributed by atoms with Gasteiger partial charge in [-0.3, -0.25) is 9.69 Å². The molecule has 1 aliphatic heterocycles. The Bertz CT molecular complexity index is 1580. The molecule has 1 N–H and O–H groups in total. The van der Waals surface area contributed by atoms with Gasteiger partial charge in [0.05, 0.1) is 37.0 Å². The van der Waals surface area contributed by atoms with Crippen LogP contribution < -0.4 is 19.7 Å². The van der Waals surface area contributed by atoms with Gasteiger partial charge in [0.25, 0.3) is 0 Å². The first-order valence-corrected chi connectivity index (χ1v) is 13.5. The average molecular weight is 557 g/mol. The van der Waals surface area contributed by atoms with E-state index >= 15 is 0 Å². The zero-order valence-electron chi connectivity index (χ0n) is 22.2. The molecule has 204 valence electrons. The zero-order chi connectivity index (χ0) is 27.8. The predicted molar refractivity (Wildman–Crippen MR) is 155 cm³/mol. The molecule has 1 fully saturated rings. The first-order chi connectivity index (χ1) is 19.5. The maximum atomic E-state index is 14.3. The van der Waals surface area contributed by atoms with E-state index in [4.69, 9.17) is 21.1 Å². The lowest BCUT2D eigenvalue weighted by molar-refractivity contribution is -0.119. The number of benzene rings is 3. The molecule has 0 radical (unpaired) electrons. The molecule has 2 heterocycles. The van der Waals surface area contributed by atoms with Gasteiger partial charge < -0.3 is 24.3 Å². The maximum absolute atomic E-state index is 14.3. The summed E-state index contributed by atoms with van der Waals surface area (Å²) in [5, 5.41) is 3.53. The summed E-state index contributed by atoms with van der Waals surface area (Å²) in [4.78, 5) is 31.3. The van der Waals surface area contributed by atoms with Gasteiger partial charge in [-0.2, -0.15) is 0 Å². The van der Waals surface area contributed by atoms with Crippen LogP contribution in [0.5, 0.6) is 11.5 Å². The smallest absolute Gasteiger partial charge is 0.322 e. The summed E-state index contributed by atoms with van der Waals surface area (Å²) in [6.07, 6.45) is 3.69. The number of rotatable bonds is 7. The highest BCUT2D eigenvalue weighted by Gasteiger charge is 2.40. The van der Waals surface area contributed by atoms with Gasteiger partial charge in [-0.15, -0.1) is 0 Å². The van der Waals surface area contributed by atoms with Crippen molar-refractivity contribution >= 4 is 34.9 Å². The molecule has 4 aromatic rings. The fourth-order valence-corrected chi connectivity index (χ4v) is 5.52. The summed E-state index contributed by atoms with van der Waals surface area (Å²) in [6.45, 7) is -0.0823. The highest BCUT2D eigenvalue weighted by Crippen LogP contribution is 2.43. The first kappa shape index (κ1) is 25.8. The van der Waals surface area contributed by atoms with Crippen LogP contribution in [0.1, 0.15) is 30.1 Å². The molecule has 1 saturated carbocycles. The topological polar surface area (TPSA) is 76.0 Å². The lowest BCUT2D eigenvalue weighted by Gasteiger charge is -2.39. The van der Waals surface area contributed by atoms with Crippen LogP contribution in [0, 0.1) is 0 Å². The summed E-state index contributed by atoms with van der Waals surface area (Å²) >= 11 is 6.40. The van der Waals surface area contributed by atoms with Crippen molar-refractivity contribution in [3.05, 3.63) is 101 Å². The second-order valence-corrected chi connectivity index (χ2v) is 10.3. The van der Waals surface area contributed by atoms with Gasteiger partial charge in [0.1, 0.15) is 24.1 Å². The van der Waals surface area contributed by atoms with Crippen LogP contribution in [0.25, 0.3) is 5.69 Å². The predicted octanol–water partition coefficient (Wildman–Crippen LogP) is 6.28. The molecule has 8 nitrogen and oxygen atoms in total. The second-order valence-electron chi connectivity index (χ2n) is 9.87. The lowest BCUT2D eigenvalue weighted by atomic mass is 9.97. The van der Waals surface area contributed by atoms with Crippen molar-refractivity contribution in [1.82, 2.24) is 9.47 Å². The Kier molecular flexibility index (Phi) is 6.86. The van der Waals surface area contributed by atoms with E-state index in [2.05, 4.69) is 9.88 Å². The number of nitrogens with zero attached hydrogens (tertiary/aromatic N) is 3. The van der Waals surface area contributed by atoms with Gasteiger partial charge in [0, 0.05) is 23.3 Å². The number of hydrogen-bond donors (Lipinski definition) is 1. The zero-order valence-corrected chi connectivity index (χ0v) is 23.0. The van der Waals surface area contributed by atoms with Crippen molar-refractivity contribution < 1.29 is 19.1 Å². The van der Waals surface area contributed by atoms with E-state index < -0.39 is 6.04 Å². The number of nitrogens with one attached hydrogen (secondary N) is 1. The maximum Gasteiger partial charge on any atom is 0.322 e. The largest absolute Gasteiger partial charge is 0.497 e. The van der Waals surface area contributed by atoms with E-state index in [0.29, 0.717) is 22.2 Å². The summed E-state index contributed by atoms with van der Waals surface area (Å²) in [7, 11) is 3.10. The number of methoxy groups -OCH3 is 2. The summed E-state index contributed by atoms with van der Waals surface area (Å²) < 4.78 is 12.8. The van der Waals surface area contributed by atoms with Crippen LogP contribution in [0.4, 0.5) is 16.2 Å². The number of carbonyl (C=O) groups is 2. The van der Waals surface area contributed by atoms with Crippen LogP contribution in [0.2, 0.25) is 5.02 Å². The van der Waals surface area contributed by atoms with Gasteiger partial charge in [-0.1, -0.05) is 35.9 Å². The Morgan fingerprint density at radius 1 is 0.950 bits per heavy atom. The van der Waals surface area contributed by atoms with E-state index in [0.717, 1.165) is 35.5 Å². The number of fused-ring (bicyclic) bond motifs is 3. The minimum absolute atomic E-state index is 0.0123. The van der Waals surface area contributed by atoms with Gasteiger partial charge in [-0.25, -0.2) is 4.79 Å². The molecule has 1 aliphatic carbocycles. The fourth-order valence-electron chi connectivity index (χ4n) is 5.32. The number of amides is 3. The third kappa shape index (κ3) is 4.75. The SMILES string of the molecule is COc1ccc(NC(=O)N(CC(=O)N2c3ccccc3-n3cccc3C2c2cccc(Cl)c2)C2CC2)c(OC)c1. The molecule has 9 heteroatoms. The van der Waals surface area contributed by atoms with Gasteiger partial charge >= 0.3 is 6.03 Å².